The van der Waals surface area contributed by atoms with Crippen molar-refractivity contribution in [3.05, 3.63) is 53.9 Å². The van der Waals surface area contributed by atoms with Gasteiger partial charge in [-0.05, 0) is 37.1 Å². The Morgan fingerprint density at radius 3 is 2.55 bits per heavy atom. The van der Waals surface area contributed by atoms with Crippen molar-refractivity contribution in [2.24, 2.45) is 0 Å². The maximum atomic E-state index is 11.2. The number of rotatable bonds is 3. The molecule has 0 saturated heterocycles. The smallest absolute Gasteiger partial charge is 0.354 e. The van der Waals surface area contributed by atoms with Crippen LogP contribution in [0.5, 0.6) is 0 Å². The van der Waals surface area contributed by atoms with Gasteiger partial charge in [0, 0.05) is 11.3 Å². The number of benzene rings is 1. The van der Waals surface area contributed by atoms with E-state index in [1.807, 2.05) is 36.4 Å². The predicted molar refractivity (Wildman–Crippen MR) is 82.4 cm³/mol. The molecule has 0 unspecified atom stereocenters. The first-order valence-electron chi connectivity index (χ1n) is 7.42. The predicted octanol–water partition coefficient (Wildman–Crippen LogP) is 3.39. The van der Waals surface area contributed by atoms with Gasteiger partial charge in [-0.15, -0.1) is 0 Å². The van der Waals surface area contributed by atoms with Crippen molar-refractivity contribution in [2.75, 3.05) is 0 Å². The first kappa shape index (κ1) is 13.0. The van der Waals surface area contributed by atoms with Crippen LogP contribution in [-0.4, -0.2) is 25.8 Å². The zero-order valence-electron chi connectivity index (χ0n) is 11.9. The van der Waals surface area contributed by atoms with Gasteiger partial charge in [0.2, 0.25) is 0 Å². The monoisotopic (exact) mass is 293 g/mol. The molecule has 4 rings (SSSR count). The Bertz CT molecular complexity index is 851. The molecule has 5 heteroatoms. The van der Waals surface area contributed by atoms with Crippen molar-refractivity contribution in [3.63, 3.8) is 0 Å². The van der Waals surface area contributed by atoms with Gasteiger partial charge in [-0.25, -0.2) is 14.5 Å². The normalized spacial score (nSPS) is 14.9. The number of carbonyl (C=O) groups is 1. The zero-order chi connectivity index (χ0) is 15.1. The molecule has 0 bridgehead atoms. The number of aromatic nitrogens is 3. The molecule has 0 atom stereocenters. The van der Waals surface area contributed by atoms with Crippen molar-refractivity contribution < 1.29 is 9.90 Å². The molecule has 2 heterocycles. The standard InChI is InChI=1S/C17H15N3O2/c21-17(22)14-10-9-13-15(11-5-4-6-11)19-20(16(13)18-14)12-7-2-1-3-8-12/h1-3,7-11H,4-6H2,(H,21,22). The van der Waals surface area contributed by atoms with Gasteiger partial charge in [0.1, 0.15) is 0 Å². The van der Waals surface area contributed by atoms with E-state index in [1.165, 1.54) is 6.42 Å². The number of nitrogens with zero attached hydrogens (tertiary/aromatic N) is 3. The molecule has 1 N–H and O–H groups in total. The highest BCUT2D eigenvalue weighted by Gasteiger charge is 2.26. The van der Waals surface area contributed by atoms with Crippen molar-refractivity contribution in [2.45, 2.75) is 25.2 Å². The number of carboxylic acid groups (broad SMARTS) is 1. The summed E-state index contributed by atoms with van der Waals surface area (Å²) in [6, 6.07) is 13.1. The second kappa shape index (κ2) is 4.94. The van der Waals surface area contributed by atoms with Crippen molar-refractivity contribution in [1.82, 2.24) is 14.8 Å². The second-order valence-corrected chi connectivity index (χ2v) is 5.63. The molecule has 110 valence electrons. The summed E-state index contributed by atoms with van der Waals surface area (Å²) in [7, 11) is 0. The van der Waals surface area contributed by atoms with E-state index >= 15 is 0 Å². The molecule has 1 saturated carbocycles. The van der Waals surface area contributed by atoms with Gasteiger partial charge in [-0.1, -0.05) is 24.6 Å². The van der Waals surface area contributed by atoms with Gasteiger partial charge >= 0.3 is 5.97 Å². The summed E-state index contributed by atoms with van der Waals surface area (Å²) < 4.78 is 1.76. The molecule has 1 fully saturated rings. The molecule has 0 amide bonds. The number of hydrogen-bond donors (Lipinski definition) is 1. The summed E-state index contributed by atoms with van der Waals surface area (Å²) >= 11 is 0. The highest BCUT2D eigenvalue weighted by molar-refractivity contribution is 5.90. The first-order chi connectivity index (χ1) is 10.7. The van der Waals surface area contributed by atoms with E-state index in [0.29, 0.717) is 11.6 Å². The third-order valence-corrected chi connectivity index (χ3v) is 4.27. The molecule has 5 nitrogen and oxygen atoms in total. The highest BCUT2D eigenvalue weighted by atomic mass is 16.4. The summed E-state index contributed by atoms with van der Waals surface area (Å²) in [5.41, 5.74) is 2.60. The van der Waals surface area contributed by atoms with Crippen LogP contribution in [0, 0.1) is 0 Å². The van der Waals surface area contributed by atoms with Crippen molar-refractivity contribution >= 4 is 17.0 Å². The Hall–Kier alpha value is -2.69. The van der Waals surface area contributed by atoms with Gasteiger partial charge in [-0.2, -0.15) is 5.10 Å². The van der Waals surface area contributed by atoms with E-state index < -0.39 is 5.97 Å². The van der Waals surface area contributed by atoms with Gasteiger partial charge in [0.25, 0.3) is 0 Å². The fourth-order valence-electron chi connectivity index (χ4n) is 2.87. The lowest BCUT2D eigenvalue weighted by atomic mass is 9.82. The number of aromatic carboxylic acids is 1. The van der Waals surface area contributed by atoms with Crippen LogP contribution in [0.25, 0.3) is 16.7 Å². The minimum Gasteiger partial charge on any atom is -0.477 e. The Kier molecular flexibility index (Phi) is 2.92. The number of para-hydroxylation sites is 1. The zero-order valence-corrected chi connectivity index (χ0v) is 11.9. The Morgan fingerprint density at radius 2 is 1.91 bits per heavy atom. The van der Waals surface area contributed by atoms with E-state index in [0.717, 1.165) is 29.6 Å². The number of pyridine rings is 1. The first-order valence-corrected chi connectivity index (χ1v) is 7.42. The minimum absolute atomic E-state index is 0.0461. The lowest BCUT2D eigenvalue weighted by molar-refractivity contribution is 0.0691. The van der Waals surface area contributed by atoms with Gasteiger partial charge in [0.15, 0.2) is 11.3 Å². The lowest BCUT2D eigenvalue weighted by Crippen LogP contribution is -2.10. The fourth-order valence-corrected chi connectivity index (χ4v) is 2.87. The van der Waals surface area contributed by atoms with E-state index in [1.54, 1.807) is 10.7 Å². The Morgan fingerprint density at radius 1 is 1.14 bits per heavy atom. The molecule has 2 aromatic heterocycles. The van der Waals surface area contributed by atoms with Crippen molar-refractivity contribution in [1.29, 1.82) is 0 Å². The minimum atomic E-state index is -1.02. The highest BCUT2D eigenvalue weighted by Crippen LogP contribution is 2.39. The molecule has 1 aliphatic rings. The Balaban J connectivity index is 1.97. The van der Waals surface area contributed by atoms with Gasteiger partial charge < -0.3 is 5.11 Å². The summed E-state index contributed by atoms with van der Waals surface area (Å²) in [5.74, 6) is -0.558. The van der Waals surface area contributed by atoms with Crippen molar-refractivity contribution in [3.8, 4) is 5.69 Å². The van der Waals surface area contributed by atoms with E-state index in [4.69, 9.17) is 5.10 Å². The number of hydrogen-bond acceptors (Lipinski definition) is 3. The molecule has 1 aliphatic carbocycles. The largest absolute Gasteiger partial charge is 0.477 e. The molecule has 1 aromatic carbocycles. The Labute approximate surface area is 127 Å². The maximum absolute atomic E-state index is 11.2. The van der Waals surface area contributed by atoms with Gasteiger partial charge in [-0.3, -0.25) is 0 Å². The molecular weight excluding hydrogens is 278 g/mol. The van der Waals surface area contributed by atoms with Crippen LogP contribution < -0.4 is 0 Å². The van der Waals surface area contributed by atoms with Crippen LogP contribution in [0.15, 0.2) is 42.5 Å². The van der Waals surface area contributed by atoms with Crippen LogP contribution in [-0.2, 0) is 0 Å². The molecule has 0 radical (unpaired) electrons. The third kappa shape index (κ3) is 1.97. The molecule has 22 heavy (non-hydrogen) atoms. The van der Waals surface area contributed by atoms with E-state index in [2.05, 4.69) is 4.98 Å². The summed E-state index contributed by atoms with van der Waals surface area (Å²) in [4.78, 5) is 15.5. The average molecular weight is 293 g/mol. The average Bonchev–Trinajstić information content (AvgIpc) is 2.85. The van der Waals surface area contributed by atoms with Crippen LogP contribution in [0.1, 0.15) is 41.4 Å². The van der Waals surface area contributed by atoms with E-state index in [-0.39, 0.29) is 5.69 Å². The molecule has 0 aliphatic heterocycles. The quantitative estimate of drug-likeness (QED) is 0.803. The SMILES string of the molecule is O=C(O)c1ccc2c(C3CCC3)nn(-c3ccccc3)c2n1. The molecule has 0 spiro atoms. The maximum Gasteiger partial charge on any atom is 0.354 e. The van der Waals surface area contributed by atoms with Crippen LogP contribution in [0.3, 0.4) is 0 Å². The number of carboxylic acids is 1. The lowest BCUT2D eigenvalue weighted by Gasteiger charge is -2.23. The third-order valence-electron chi connectivity index (χ3n) is 4.27. The summed E-state index contributed by atoms with van der Waals surface area (Å²) in [6.07, 6.45) is 3.51. The molecule has 3 aromatic rings. The van der Waals surface area contributed by atoms with Crippen LogP contribution in [0.2, 0.25) is 0 Å². The topological polar surface area (TPSA) is 68.0 Å². The summed E-state index contributed by atoms with van der Waals surface area (Å²) in [6.45, 7) is 0. The van der Waals surface area contributed by atoms with Crippen LogP contribution >= 0.6 is 0 Å². The van der Waals surface area contributed by atoms with Crippen LogP contribution in [0.4, 0.5) is 0 Å². The molecular formula is C17H15N3O2. The number of fused-ring (bicyclic) bond motifs is 1. The fraction of sp³-hybridized carbons (Fsp3) is 0.235. The van der Waals surface area contributed by atoms with Gasteiger partial charge in [0.05, 0.1) is 11.4 Å². The van der Waals surface area contributed by atoms with E-state index in [9.17, 15) is 9.90 Å². The summed E-state index contributed by atoms with van der Waals surface area (Å²) in [5, 5.41) is 14.9. The second-order valence-electron chi connectivity index (χ2n) is 5.63.